The molecule has 0 bridgehead atoms. The number of nitrogens with one attached hydrogen (secondary N) is 1. The number of pyridine rings is 1. The standard InChI is InChI=1S/C15H16N6O/c1-10-11(6-16)3-4-14(18-10)19-12-5-15(22)21(8-12)13-7-17-20(2)9-13/h3-4,7,9,12H,5,8H2,1-2H3,(H,18,19). The molecule has 1 aliphatic heterocycles. The van der Waals surface area contributed by atoms with Crippen molar-refractivity contribution in [1.29, 1.82) is 5.26 Å². The molecule has 0 saturated carbocycles. The van der Waals surface area contributed by atoms with Gasteiger partial charge in [-0.1, -0.05) is 0 Å². The summed E-state index contributed by atoms with van der Waals surface area (Å²) in [4.78, 5) is 18.2. The van der Waals surface area contributed by atoms with Crippen LogP contribution in [-0.4, -0.2) is 33.3 Å². The molecule has 0 aliphatic carbocycles. The number of hydrogen-bond donors (Lipinski definition) is 1. The molecule has 1 aliphatic rings. The van der Waals surface area contributed by atoms with Gasteiger partial charge in [0.2, 0.25) is 5.91 Å². The van der Waals surface area contributed by atoms with E-state index in [9.17, 15) is 4.79 Å². The maximum Gasteiger partial charge on any atom is 0.229 e. The number of nitrogens with zero attached hydrogens (tertiary/aromatic N) is 5. The van der Waals surface area contributed by atoms with Crippen LogP contribution in [0, 0.1) is 18.3 Å². The van der Waals surface area contributed by atoms with Gasteiger partial charge >= 0.3 is 0 Å². The van der Waals surface area contributed by atoms with Crippen LogP contribution in [0.4, 0.5) is 11.5 Å². The first kappa shape index (κ1) is 14.1. The van der Waals surface area contributed by atoms with Crippen molar-refractivity contribution < 1.29 is 4.79 Å². The molecule has 0 radical (unpaired) electrons. The van der Waals surface area contributed by atoms with Gasteiger partial charge in [-0.05, 0) is 19.1 Å². The molecule has 3 rings (SSSR count). The maximum absolute atomic E-state index is 12.1. The molecular weight excluding hydrogens is 280 g/mol. The molecule has 0 aromatic carbocycles. The summed E-state index contributed by atoms with van der Waals surface area (Å²) in [5.74, 6) is 0.748. The second-order valence-corrected chi connectivity index (χ2v) is 5.36. The van der Waals surface area contributed by atoms with E-state index in [1.54, 1.807) is 34.8 Å². The van der Waals surface area contributed by atoms with Gasteiger partial charge in [0, 0.05) is 26.2 Å². The van der Waals surface area contributed by atoms with Crippen molar-refractivity contribution in [2.45, 2.75) is 19.4 Å². The van der Waals surface area contributed by atoms with E-state index >= 15 is 0 Å². The van der Waals surface area contributed by atoms with Gasteiger partial charge in [0.05, 0.1) is 29.2 Å². The number of carbonyl (C=O) groups is 1. The quantitative estimate of drug-likeness (QED) is 0.920. The van der Waals surface area contributed by atoms with E-state index in [1.165, 1.54) is 0 Å². The normalized spacial score (nSPS) is 17.6. The van der Waals surface area contributed by atoms with Gasteiger partial charge in [-0.25, -0.2) is 4.98 Å². The predicted octanol–water partition coefficient (Wildman–Crippen LogP) is 1.21. The molecule has 112 valence electrons. The number of carbonyl (C=O) groups excluding carboxylic acids is 1. The highest BCUT2D eigenvalue weighted by atomic mass is 16.2. The lowest BCUT2D eigenvalue weighted by Gasteiger charge is -2.15. The topological polar surface area (TPSA) is 86.8 Å². The lowest BCUT2D eigenvalue weighted by atomic mass is 10.2. The van der Waals surface area contributed by atoms with E-state index in [-0.39, 0.29) is 11.9 Å². The predicted molar refractivity (Wildman–Crippen MR) is 81.3 cm³/mol. The second-order valence-electron chi connectivity index (χ2n) is 5.36. The summed E-state index contributed by atoms with van der Waals surface area (Å²) in [5, 5.41) is 16.3. The molecule has 2 aromatic heterocycles. The van der Waals surface area contributed by atoms with Crippen LogP contribution in [-0.2, 0) is 11.8 Å². The smallest absolute Gasteiger partial charge is 0.229 e. The zero-order valence-corrected chi connectivity index (χ0v) is 12.4. The Bertz CT molecular complexity index is 760. The highest BCUT2D eigenvalue weighted by molar-refractivity contribution is 5.96. The molecule has 1 atom stereocenters. The first-order valence-electron chi connectivity index (χ1n) is 7.00. The van der Waals surface area contributed by atoms with E-state index in [0.717, 1.165) is 5.69 Å². The largest absolute Gasteiger partial charge is 0.365 e. The summed E-state index contributed by atoms with van der Waals surface area (Å²) in [5.41, 5.74) is 2.05. The van der Waals surface area contributed by atoms with E-state index in [1.807, 2.05) is 13.2 Å². The fourth-order valence-corrected chi connectivity index (χ4v) is 2.57. The first-order valence-corrected chi connectivity index (χ1v) is 7.00. The number of hydrogen-bond acceptors (Lipinski definition) is 5. The summed E-state index contributed by atoms with van der Waals surface area (Å²) in [6.45, 7) is 2.37. The van der Waals surface area contributed by atoms with Gasteiger partial charge in [0.15, 0.2) is 0 Å². The fourth-order valence-electron chi connectivity index (χ4n) is 2.57. The number of aryl methyl sites for hydroxylation is 2. The minimum atomic E-state index is -0.00691. The van der Waals surface area contributed by atoms with E-state index in [2.05, 4.69) is 21.5 Å². The van der Waals surface area contributed by atoms with Crippen molar-refractivity contribution in [3.63, 3.8) is 0 Å². The average molecular weight is 296 g/mol. The van der Waals surface area contributed by atoms with Crippen molar-refractivity contribution in [2.24, 2.45) is 7.05 Å². The Morgan fingerprint density at radius 1 is 1.45 bits per heavy atom. The number of nitriles is 1. The Kier molecular flexibility index (Phi) is 3.51. The highest BCUT2D eigenvalue weighted by Gasteiger charge is 2.31. The maximum atomic E-state index is 12.1. The molecule has 22 heavy (non-hydrogen) atoms. The highest BCUT2D eigenvalue weighted by Crippen LogP contribution is 2.22. The Labute approximate surface area is 128 Å². The third kappa shape index (κ3) is 2.63. The van der Waals surface area contributed by atoms with Crippen molar-refractivity contribution in [2.75, 3.05) is 16.8 Å². The van der Waals surface area contributed by atoms with Crippen LogP contribution in [0.15, 0.2) is 24.5 Å². The van der Waals surface area contributed by atoms with Crippen LogP contribution >= 0.6 is 0 Å². The lowest BCUT2D eigenvalue weighted by molar-refractivity contribution is -0.117. The SMILES string of the molecule is Cc1nc(NC2CC(=O)N(c3cnn(C)c3)C2)ccc1C#N. The van der Waals surface area contributed by atoms with Gasteiger partial charge in [-0.15, -0.1) is 0 Å². The molecule has 0 spiro atoms. The molecule has 7 nitrogen and oxygen atoms in total. The Morgan fingerprint density at radius 3 is 2.91 bits per heavy atom. The van der Waals surface area contributed by atoms with Crippen molar-refractivity contribution in [3.8, 4) is 6.07 Å². The zero-order valence-electron chi connectivity index (χ0n) is 12.4. The molecule has 1 unspecified atom stereocenters. The molecule has 1 N–H and O–H groups in total. The molecule has 1 saturated heterocycles. The van der Waals surface area contributed by atoms with Crippen molar-refractivity contribution in [1.82, 2.24) is 14.8 Å². The second kappa shape index (κ2) is 5.48. The number of rotatable bonds is 3. The first-order chi connectivity index (χ1) is 10.6. The minimum Gasteiger partial charge on any atom is -0.365 e. The third-order valence-corrected chi connectivity index (χ3v) is 3.69. The number of anilines is 2. The van der Waals surface area contributed by atoms with Crippen molar-refractivity contribution >= 4 is 17.4 Å². The van der Waals surface area contributed by atoms with Gasteiger partial charge in [-0.2, -0.15) is 10.4 Å². The van der Waals surface area contributed by atoms with Gasteiger partial charge in [0.1, 0.15) is 11.9 Å². The van der Waals surface area contributed by atoms with E-state index in [0.29, 0.717) is 30.0 Å². The van der Waals surface area contributed by atoms with Crippen LogP contribution in [0.2, 0.25) is 0 Å². The van der Waals surface area contributed by atoms with E-state index in [4.69, 9.17) is 5.26 Å². The van der Waals surface area contributed by atoms with Crippen LogP contribution in [0.1, 0.15) is 17.7 Å². The third-order valence-electron chi connectivity index (χ3n) is 3.69. The van der Waals surface area contributed by atoms with Crippen LogP contribution < -0.4 is 10.2 Å². The monoisotopic (exact) mass is 296 g/mol. The fraction of sp³-hybridized carbons (Fsp3) is 0.333. The van der Waals surface area contributed by atoms with Gasteiger partial charge in [-0.3, -0.25) is 9.48 Å². The summed E-state index contributed by atoms with van der Waals surface area (Å²) in [6.07, 6.45) is 3.92. The molecule has 7 heteroatoms. The summed E-state index contributed by atoms with van der Waals surface area (Å²) in [7, 11) is 1.82. The van der Waals surface area contributed by atoms with E-state index < -0.39 is 0 Å². The molecular formula is C15H16N6O. The summed E-state index contributed by atoms with van der Waals surface area (Å²) in [6, 6.07) is 5.59. The van der Waals surface area contributed by atoms with Crippen molar-refractivity contribution in [3.05, 3.63) is 35.8 Å². The lowest BCUT2D eigenvalue weighted by Crippen LogP contribution is -2.27. The zero-order chi connectivity index (χ0) is 15.7. The van der Waals surface area contributed by atoms with Crippen LogP contribution in [0.25, 0.3) is 0 Å². The Hall–Kier alpha value is -2.88. The molecule has 2 aromatic rings. The number of amides is 1. The minimum absolute atomic E-state index is 0.00691. The Morgan fingerprint density at radius 2 is 2.27 bits per heavy atom. The summed E-state index contributed by atoms with van der Waals surface area (Å²) >= 11 is 0. The van der Waals surface area contributed by atoms with Gasteiger partial charge < -0.3 is 10.2 Å². The molecule has 3 heterocycles. The average Bonchev–Trinajstić information content (AvgIpc) is 3.05. The van der Waals surface area contributed by atoms with Crippen LogP contribution in [0.3, 0.4) is 0 Å². The molecule has 1 fully saturated rings. The van der Waals surface area contributed by atoms with Crippen LogP contribution in [0.5, 0.6) is 0 Å². The Balaban J connectivity index is 1.71. The number of aromatic nitrogens is 3. The molecule has 1 amide bonds. The van der Waals surface area contributed by atoms with Gasteiger partial charge in [0.25, 0.3) is 0 Å². The summed E-state index contributed by atoms with van der Waals surface area (Å²) < 4.78 is 1.68.